The molecule has 0 fully saturated rings. The molecular formula is C16H12N4O4. The van der Waals surface area contributed by atoms with E-state index in [1.54, 1.807) is 0 Å². The van der Waals surface area contributed by atoms with Crippen molar-refractivity contribution in [3.63, 3.8) is 0 Å². The molecule has 1 aliphatic rings. The Hall–Kier alpha value is -3.29. The Labute approximate surface area is 134 Å². The maximum atomic E-state index is 12.7. The lowest BCUT2D eigenvalue weighted by Gasteiger charge is -2.05. The summed E-state index contributed by atoms with van der Waals surface area (Å²) in [6.07, 6.45) is 6.35. The Morgan fingerprint density at radius 1 is 1.33 bits per heavy atom. The standard InChI is InChI=1S/C16H12N4O4/c17-13-9(16(22)23)5-8-12(21)11-10(24-15(8)20-13)6-18-14(19-11)7-3-1-2-4-7/h3,5-6H,1-2,4H2,(H2,17,20)(H,22,23). The van der Waals surface area contributed by atoms with Crippen molar-refractivity contribution in [3.05, 3.63) is 40.0 Å². The number of hydrogen-bond acceptors (Lipinski definition) is 7. The third kappa shape index (κ3) is 2.11. The van der Waals surface area contributed by atoms with E-state index in [9.17, 15) is 9.59 Å². The van der Waals surface area contributed by atoms with Gasteiger partial charge >= 0.3 is 5.97 Å². The number of carbonyl (C=O) groups is 1. The Kier molecular flexibility index (Phi) is 3.05. The van der Waals surface area contributed by atoms with Crippen LogP contribution in [0.15, 0.2) is 27.6 Å². The summed E-state index contributed by atoms with van der Waals surface area (Å²) in [5, 5.41) is 9.16. The van der Waals surface area contributed by atoms with Crippen LogP contribution in [0.4, 0.5) is 5.82 Å². The van der Waals surface area contributed by atoms with E-state index in [2.05, 4.69) is 21.0 Å². The van der Waals surface area contributed by atoms with E-state index in [0.29, 0.717) is 5.82 Å². The molecule has 0 amide bonds. The van der Waals surface area contributed by atoms with Gasteiger partial charge in [0.1, 0.15) is 11.4 Å². The topological polar surface area (TPSA) is 132 Å². The Balaban J connectivity index is 2.02. The van der Waals surface area contributed by atoms with Crippen molar-refractivity contribution < 1.29 is 14.3 Å². The Morgan fingerprint density at radius 2 is 2.17 bits per heavy atom. The summed E-state index contributed by atoms with van der Waals surface area (Å²) in [7, 11) is 0. The molecule has 3 heterocycles. The number of pyridine rings is 1. The second-order valence-electron chi connectivity index (χ2n) is 5.54. The Bertz CT molecular complexity index is 1100. The van der Waals surface area contributed by atoms with Gasteiger partial charge in [-0.2, -0.15) is 4.98 Å². The van der Waals surface area contributed by atoms with Gasteiger partial charge in [-0.15, -0.1) is 0 Å². The Morgan fingerprint density at radius 3 is 2.88 bits per heavy atom. The molecule has 3 N–H and O–H groups in total. The lowest BCUT2D eigenvalue weighted by atomic mass is 10.2. The fourth-order valence-electron chi connectivity index (χ4n) is 2.79. The van der Waals surface area contributed by atoms with E-state index in [0.717, 1.165) is 24.8 Å². The summed E-state index contributed by atoms with van der Waals surface area (Å²) < 4.78 is 5.53. The first kappa shape index (κ1) is 14.3. The SMILES string of the molecule is Nc1nc2oc3cnc(C4=CCCC4)nc3c(=O)c2cc1C(=O)O. The summed E-state index contributed by atoms with van der Waals surface area (Å²) in [5.74, 6) is -0.986. The quantitative estimate of drug-likeness (QED) is 0.684. The summed E-state index contributed by atoms with van der Waals surface area (Å²) >= 11 is 0. The smallest absolute Gasteiger partial charge is 0.339 e. The molecule has 24 heavy (non-hydrogen) atoms. The first-order valence-corrected chi connectivity index (χ1v) is 7.37. The van der Waals surface area contributed by atoms with Crippen molar-refractivity contribution in [1.82, 2.24) is 15.0 Å². The lowest BCUT2D eigenvalue weighted by Crippen LogP contribution is -2.11. The fourth-order valence-corrected chi connectivity index (χ4v) is 2.79. The minimum atomic E-state index is -1.26. The molecule has 8 heteroatoms. The van der Waals surface area contributed by atoms with Gasteiger partial charge in [0.25, 0.3) is 0 Å². The van der Waals surface area contributed by atoms with Crippen molar-refractivity contribution in [3.8, 4) is 0 Å². The van der Waals surface area contributed by atoms with Gasteiger partial charge < -0.3 is 15.3 Å². The van der Waals surface area contributed by atoms with Gasteiger partial charge in [-0.1, -0.05) is 6.08 Å². The number of nitrogens with zero attached hydrogens (tertiary/aromatic N) is 3. The molecular weight excluding hydrogens is 312 g/mol. The van der Waals surface area contributed by atoms with Crippen LogP contribution in [0.3, 0.4) is 0 Å². The van der Waals surface area contributed by atoms with Crippen LogP contribution in [0, 0.1) is 0 Å². The highest BCUT2D eigenvalue weighted by atomic mass is 16.4. The van der Waals surface area contributed by atoms with Crippen molar-refractivity contribution in [2.45, 2.75) is 19.3 Å². The van der Waals surface area contributed by atoms with Crippen molar-refractivity contribution in [2.24, 2.45) is 0 Å². The van der Waals surface area contributed by atoms with Gasteiger partial charge in [0, 0.05) is 0 Å². The van der Waals surface area contributed by atoms with E-state index in [4.69, 9.17) is 15.3 Å². The van der Waals surface area contributed by atoms with Gasteiger partial charge in [-0.3, -0.25) is 4.79 Å². The largest absolute Gasteiger partial charge is 0.478 e. The predicted octanol–water partition coefficient (Wildman–Crippen LogP) is 1.98. The number of nitrogen functional groups attached to an aromatic ring is 1. The second kappa shape index (κ2) is 5.12. The summed E-state index contributed by atoms with van der Waals surface area (Å²) in [6.45, 7) is 0. The lowest BCUT2D eigenvalue weighted by molar-refractivity contribution is 0.0698. The number of aromatic carboxylic acids is 1. The molecule has 0 bridgehead atoms. The highest BCUT2D eigenvalue weighted by molar-refractivity contribution is 5.98. The molecule has 0 spiro atoms. The second-order valence-corrected chi connectivity index (χ2v) is 5.54. The van der Waals surface area contributed by atoms with Gasteiger partial charge in [-0.05, 0) is 30.9 Å². The zero-order valence-electron chi connectivity index (χ0n) is 12.4. The van der Waals surface area contributed by atoms with Crippen molar-refractivity contribution in [1.29, 1.82) is 0 Å². The number of allylic oxidation sites excluding steroid dienone is 2. The number of hydrogen-bond donors (Lipinski definition) is 2. The van der Waals surface area contributed by atoms with E-state index in [1.807, 2.05) is 0 Å². The molecule has 3 aromatic rings. The fraction of sp³-hybridized carbons (Fsp3) is 0.188. The van der Waals surface area contributed by atoms with Gasteiger partial charge in [0.2, 0.25) is 11.1 Å². The summed E-state index contributed by atoms with van der Waals surface area (Å²) in [6, 6.07) is 1.17. The number of carboxylic acids is 1. The zero-order chi connectivity index (χ0) is 16.8. The zero-order valence-corrected chi connectivity index (χ0v) is 12.4. The average Bonchev–Trinajstić information content (AvgIpc) is 3.08. The minimum Gasteiger partial charge on any atom is -0.478 e. The van der Waals surface area contributed by atoms with E-state index >= 15 is 0 Å². The third-order valence-electron chi connectivity index (χ3n) is 4.00. The van der Waals surface area contributed by atoms with Gasteiger partial charge in [0.05, 0.1) is 11.6 Å². The van der Waals surface area contributed by atoms with Crippen LogP contribution in [-0.4, -0.2) is 26.0 Å². The highest BCUT2D eigenvalue weighted by Gasteiger charge is 2.18. The molecule has 8 nitrogen and oxygen atoms in total. The van der Waals surface area contributed by atoms with Crippen molar-refractivity contribution >= 4 is 39.6 Å². The first-order chi connectivity index (χ1) is 11.5. The molecule has 4 rings (SSSR count). The van der Waals surface area contributed by atoms with Crippen LogP contribution in [-0.2, 0) is 0 Å². The molecule has 0 radical (unpaired) electrons. The molecule has 0 aromatic carbocycles. The van der Waals surface area contributed by atoms with Crippen LogP contribution in [0.1, 0.15) is 35.4 Å². The maximum absolute atomic E-state index is 12.7. The van der Waals surface area contributed by atoms with E-state index in [-0.39, 0.29) is 33.6 Å². The van der Waals surface area contributed by atoms with Gasteiger partial charge in [0.15, 0.2) is 16.9 Å². The third-order valence-corrected chi connectivity index (χ3v) is 4.00. The van der Waals surface area contributed by atoms with Crippen LogP contribution >= 0.6 is 0 Å². The van der Waals surface area contributed by atoms with Crippen molar-refractivity contribution in [2.75, 3.05) is 5.73 Å². The number of fused-ring (bicyclic) bond motifs is 2. The van der Waals surface area contributed by atoms with Crippen LogP contribution in [0.5, 0.6) is 0 Å². The monoisotopic (exact) mass is 324 g/mol. The first-order valence-electron chi connectivity index (χ1n) is 7.37. The van der Waals surface area contributed by atoms with Gasteiger partial charge in [-0.25, -0.2) is 14.8 Å². The molecule has 0 saturated heterocycles. The van der Waals surface area contributed by atoms with E-state index < -0.39 is 11.4 Å². The highest BCUT2D eigenvalue weighted by Crippen LogP contribution is 2.26. The number of rotatable bonds is 2. The number of nitrogens with two attached hydrogens (primary N) is 1. The molecule has 0 saturated carbocycles. The van der Waals surface area contributed by atoms with Crippen LogP contribution in [0.2, 0.25) is 0 Å². The number of aromatic nitrogens is 3. The average molecular weight is 324 g/mol. The molecule has 0 atom stereocenters. The number of anilines is 1. The van der Waals surface area contributed by atoms with Crippen LogP contribution < -0.4 is 11.2 Å². The molecule has 3 aromatic heterocycles. The summed E-state index contributed by atoms with van der Waals surface area (Å²) in [4.78, 5) is 36.3. The normalized spacial score (nSPS) is 14.2. The molecule has 120 valence electrons. The maximum Gasteiger partial charge on any atom is 0.339 e. The minimum absolute atomic E-state index is 0.0270. The summed E-state index contributed by atoms with van der Waals surface area (Å²) in [5.41, 5.74) is 6.14. The van der Waals surface area contributed by atoms with E-state index in [1.165, 1.54) is 12.3 Å². The molecule has 0 aliphatic heterocycles. The number of carboxylic acid groups (broad SMARTS) is 1. The molecule has 1 aliphatic carbocycles. The van der Waals surface area contributed by atoms with Crippen LogP contribution in [0.25, 0.3) is 27.8 Å². The predicted molar refractivity (Wildman–Crippen MR) is 86.6 cm³/mol. The molecule has 0 unspecified atom stereocenters.